The molecule has 0 atom stereocenters. The summed E-state index contributed by atoms with van der Waals surface area (Å²) in [6.07, 6.45) is 1.68. The maximum absolute atomic E-state index is 12.9. The van der Waals surface area contributed by atoms with Gasteiger partial charge in [0.2, 0.25) is 0 Å². The summed E-state index contributed by atoms with van der Waals surface area (Å²) >= 11 is 0. The van der Waals surface area contributed by atoms with Crippen molar-refractivity contribution in [3.05, 3.63) is 95.4 Å². The van der Waals surface area contributed by atoms with Crippen molar-refractivity contribution in [2.45, 2.75) is 13.5 Å². The Balaban J connectivity index is 1.63. The van der Waals surface area contributed by atoms with Crippen LogP contribution in [0.3, 0.4) is 0 Å². The largest absolute Gasteiger partial charge is 0.349 e. The Hall–Kier alpha value is -3.93. The van der Waals surface area contributed by atoms with Crippen LogP contribution in [0, 0.1) is 6.92 Å². The normalized spacial score (nSPS) is 10.7. The molecule has 144 valence electrons. The highest BCUT2D eigenvalue weighted by atomic mass is 16.2. The van der Waals surface area contributed by atoms with Crippen LogP contribution < -0.4 is 10.6 Å². The third-order valence-electron chi connectivity index (χ3n) is 4.61. The lowest BCUT2D eigenvalue weighted by Gasteiger charge is -2.09. The van der Waals surface area contributed by atoms with E-state index in [1.54, 1.807) is 12.3 Å². The standard InChI is InChI=1S/C23H20N4O2/c1-15-7-6-8-16(13-15)22(28)27-20-18-10-2-3-11-19(18)26-21(20)23(29)25-14-17-9-4-5-12-24-17/h2-13,26H,14H2,1H3,(H,25,29)(H,27,28). The number of benzene rings is 2. The number of hydrogen-bond acceptors (Lipinski definition) is 3. The van der Waals surface area contributed by atoms with Gasteiger partial charge in [0.15, 0.2) is 0 Å². The van der Waals surface area contributed by atoms with Gasteiger partial charge in [-0.25, -0.2) is 0 Å². The zero-order valence-corrected chi connectivity index (χ0v) is 15.9. The fraction of sp³-hybridized carbons (Fsp3) is 0.0870. The van der Waals surface area contributed by atoms with Crippen LogP contribution in [-0.4, -0.2) is 21.8 Å². The third-order valence-corrected chi connectivity index (χ3v) is 4.61. The fourth-order valence-electron chi connectivity index (χ4n) is 3.18. The number of H-pyrrole nitrogens is 1. The molecule has 0 aliphatic carbocycles. The number of rotatable bonds is 5. The molecule has 6 heteroatoms. The summed E-state index contributed by atoms with van der Waals surface area (Å²) in [7, 11) is 0. The van der Waals surface area contributed by atoms with E-state index in [0.29, 0.717) is 23.5 Å². The maximum Gasteiger partial charge on any atom is 0.270 e. The van der Waals surface area contributed by atoms with Crippen LogP contribution >= 0.6 is 0 Å². The molecule has 0 fully saturated rings. The van der Waals surface area contributed by atoms with Crippen LogP contribution in [0.1, 0.15) is 32.1 Å². The van der Waals surface area contributed by atoms with Crippen LogP contribution in [0.2, 0.25) is 0 Å². The summed E-state index contributed by atoms with van der Waals surface area (Å²) < 4.78 is 0. The summed E-state index contributed by atoms with van der Waals surface area (Å²) in [4.78, 5) is 33.0. The number of hydrogen-bond donors (Lipinski definition) is 3. The van der Waals surface area contributed by atoms with Gasteiger partial charge >= 0.3 is 0 Å². The monoisotopic (exact) mass is 384 g/mol. The summed E-state index contributed by atoms with van der Waals surface area (Å²) in [5.41, 5.74) is 3.83. The first kappa shape index (κ1) is 18.4. The molecule has 2 heterocycles. The number of carbonyl (C=O) groups excluding carboxylic acids is 2. The number of nitrogens with zero attached hydrogens (tertiary/aromatic N) is 1. The lowest BCUT2D eigenvalue weighted by atomic mass is 10.1. The van der Waals surface area contributed by atoms with Gasteiger partial charge in [0.05, 0.1) is 17.9 Å². The van der Waals surface area contributed by atoms with Gasteiger partial charge < -0.3 is 15.6 Å². The van der Waals surface area contributed by atoms with Crippen molar-refractivity contribution in [2.75, 3.05) is 5.32 Å². The van der Waals surface area contributed by atoms with Crippen molar-refractivity contribution in [1.29, 1.82) is 0 Å². The Kier molecular flexibility index (Phi) is 5.07. The minimum atomic E-state index is -0.314. The fourth-order valence-corrected chi connectivity index (χ4v) is 3.18. The van der Waals surface area contributed by atoms with E-state index < -0.39 is 0 Å². The molecule has 0 saturated carbocycles. The van der Waals surface area contributed by atoms with Crippen molar-refractivity contribution in [2.24, 2.45) is 0 Å². The first-order chi connectivity index (χ1) is 14.1. The van der Waals surface area contributed by atoms with Crippen LogP contribution in [0.25, 0.3) is 10.9 Å². The lowest BCUT2D eigenvalue weighted by Crippen LogP contribution is -2.25. The van der Waals surface area contributed by atoms with E-state index in [9.17, 15) is 9.59 Å². The van der Waals surface area contributed by atoms with Crippen LogP contribution in [0.4, 0.5) is 5.69 Å². The molecule has 0 unspecified atom stereocenters. The van der Waals surface area contributed by atoms with E-state index >= 15 is 0 Å². The van der Waals surface area contributed by atoms with Crippen molar-refractivity contribution in [3.63, 3.8) is 0 Å². The predicted octanol–water partition coefficient (Wildman–Crippen LogP) is 4.05. The zero-order valence-electron chi connectivity index (χ0n) is 15.9. The topological polar surface area (TPSA) is 86.9 Å². The second-order valence-electron chi connectivity index (χ2n) is 6.75. The number of aromatic amines is 1. The maximum atomic E-state index is 12.9. The second-order valence-corrected chi connectivity index (χ2v) is 6.75. The Morgan fingerprint density at radius 3 is 2.59 bits per heavy atom. The molecule has 0 radical (unpaired) electrons. The highest BCUT2D eigenvalue weighted by Gasteiger charge is 2.20. The molecule has 29 heavy (non-hydrogen) atoms. The Bertz CT molecular complexity index is 1180. The Morgan fingerprint density at radius 2 is 1.79 bits per heavy atom. The minimum Gasteiger partial charge on any atom is -0.349 e. The molecule has 2 aromatic heterocycles. The molecule has 0 aliphatic heterocycles. The molecule has 6 nitrogen and oxygen atoms in total. The molecule has 0 saturated heterocycles. The highest BCUT2D eigenvalue weighted by Crippen LogP contribution is 2.28. The molecular weight excluding hydrogens is 364 g/mol. The van der Waals surface area contributed by atoms with E-state index in [1.807, 2.05) is 67.6 Å². The van der Waals surface area contributed by atoms with Gasteiger partial charge in [-0.3, -0.25) is 14.6 Å². The van der Waals surface area contributed by atoms with Crippen LogP contribution in [-0.2, 0) is 6.54 Å². The number of pyridine rings is 1. The smallest absolute Gasteiger partial charge is 0.270 e. The van der Waals surface area contributed by atoms with E-state index in [2.05, 4.69) is 20.6 Å². The zero-order chi connectivity index (χ0) is 20.2. The van der Waals surface area contributed by atoms with Gasteiger partial charge in [-0.15, -0.1) is 0 Å². The number of aromatic nitrogens is 2. The van der Waals surface area contributed by atoms with Crippen molar-refractivity contribution in [1.82, 2.24) is 15.3 Å². The molecule has 2 amide bonds. The molecule has 3 N–H and O–H groups in total. The summed E-state index contributed by atoms with van der Waals surface area (Å²) in [6.45, 7) is 2.22. The van der Waals surface area contributed by atoms with Gasteiger partial charge in [-0.05, 0) is 37.3 Å². The number of amides is 2. The summed E-state index contributed by atoms with van der Waals surface area (Å²) in [5, 5.41) is 6.54. The van der Waals surface area contributed by atoms with Gasteiger partial charge in [0, 0.05) is 22.7 Å². The number of aryl methyl sites for hydroxylation is 1. The molecule has 4 rings (SSSR count). The number of para-hydroxylation sites is 1. The second kappa shape index (κ2) is 7.98. The van der Waals surface area contributed by atoms with Crippen LogP contribution in [0.15, 0.2) is 72.9 Å². The van der Waals surface area contributed by atoms with Gasteiger partial charge in [-0.2, -0.15) is 0 Å². The van der Waals surface area contributed by atoms with Gasteiger partial charge in [-0.1, -0.05) is 42.0 Å². The average molecular weight is 384 g/mol. The van der Waals surface area contributed by atoms with Gasteiger partial charge in [0.1, 0.15) is 5.69 Å². The summed E-state index contributed by atoms with van der Waals surface area (Å²) in [6, 6.07) is 20.3. The van der Waals surface area contributed by atoms with E-state index in [4.69, 9.17) is 0 Å². The first-order valence-corrected chi connectivity index (χ1v) is 9.28. The van der Waals surface area contributed by atoms with Crippen molar-refractivity contribution < 1.29 is 9.59 Å². The quantitative estimate of drug-likeness (QED) is 0.485. The number of nitrogens with one attached hydrogen (secondary N) is 3. The Morgan fingerprint density at radius 1 is 0.966 bits per heavy atom. The van der Waals surface area contributed by atoms with Crippen molar-refractivity contribution >= 4 is 28.4 Å². The molecule has 0 bridgehead atoms. The van der Waals surface area contributed by atoms with Gasteiger partial charge in [0.25, 0.3) is 11.8 Å². The molecule has 2 aromatic carbocycles. The first-order valence-electron chi connectivity index (χ1n) is 9.28. The SMILES string of the molecule is Cc1cccc(C(=O)Nc2c(C(=O)NCc3ccccn3)[nH]c3ccccc23)c1. The summed E-state index contributed by atoms with van der Waals surface area (Å²) in [5.74, 6) is -0.580. The van der Waals surface area contributed by atoms with E-state index in [0.717, 1.165) is 22.2 Å². The number of anilines is 1. The predicted molar refractivity (Wildman–Crippen MR) is 113 cm³/mol. The molecular formula is C23H20N4O2. The lowest BCUT2D eigenvalue weighted by molar-refractivity contribution is 0.0947. The average Bonchev–Trinajstić information content (AvgIpc) is 3.11. The number of fused-ring (bicyclic) bond motifs is 1. The van der Waals surface area contributed by atoms with Crippen LogP contribution in [0.5, 0.6) is 0 Å². The third kappa shape index (κ3) is 4.01. The molecule has 0 spiro atoms. The molecule has 4 aromatic rings. The Labute approximate surface area is 168 Å². The molecule has 0 aliphatic rings. The van der Waals surface area contributed by atoms with Crippen molar-refractivity contribution in [3.8, 4) is 0 Å². The minimum absolute atomic E-state index is 0.266. The highest BCUT2D eigenvalue weighted by molar-refractivity contribution is 6.15. The number of carbonyl (C=O) groups is 2. The van der Waals surface area contributed by atoms with E-state index in [1.165, 1.54) is 0 Å². The van der Waals surface area contributed by atoms with E-state index in [-0.39, 0.29) is 11.8 Å².